The minimum absolute atomic E-state index is 0.214. The molecular weight excluding hydrogens is 420 g/mol. The van der Waals surface area contributed by atoms with E-state index in [2.05, 4.69) is 18.7 Å². The highest BCUT2D eigenvalue weighted by Gasteiger charge is 2.34. The van der Waals surface area contributed by atoms with Crippen molar-refractivity contribution in [2.24, 2.45) is 0 Å². The molecule has 3 aromatic rings. The van der Waals surface area contributed by atoms with Crippen LogP contribution in [0, 0.1) is 0 Å². The standard InChI is InChI=1S/C26H26N2O3S/c1-3-27(4-2)21-14-12-19(13-15-21)18-24-25(29)28(26(30)32-24)16-17-31-23-11-7-9-20-8-5-6-10-22(20)23/h5-15,18H,3-4,16-17H2,1-2H3/b24-18-. The average molecular weight is 447 g/mol. The normalized spacial score (nSPS) is 15.1. The van der Waals surface area contributed by atoms with Gasteiger partial charge in [0.15, 0.2) is 0 Å². The summed E-state index contributed by atoms with van der Waals surface area (Å²) < 4.78 is 5.91. The van der Waals surface area contributed by atoms with Gasteiger partial charge in [-0.3, -0.25) is 14.5 Å². The van der Waals surface area contributed by atoms with Crippen molar-refractivity contribution in [3.05, 3.63) is 77.2 Å². The fraction of sp³-hybridized carbons (Fsp3) is 0.231. The number of anilines is 1. The molecule has 2 amide bonds. The quantitative estimate of drug-likeness (QED) is 0.409. The molecule has 0 N–H and O–H groups in total. The van der Waals surface area contributed by atoms with Crippen molar-refractivity contribution in [3.8, 4) is 5.75 Å². The average Bonchev–Trinajstić information content (AvgIpc) is 3.08. The van der Waals surface area contributed by atoms with E-state index in [4.69, 9.17) is 4.74 Å². The second-order valence-electron chi connectivity index (χ2n) is 7.42. The van der Waals surface area contributed by atoms with Gasteiger partial charge in [0.2, 0.25) is 0 Å². The summed E-state index contributed by atoms with van der Waals surface area (Å²) in [5.41, 5.74) is 2.05. The Morgan fingerprint density at radius 2 is 1.66 bits per heavy atom. The third-order valence-corrected chi connectivity index (χ3v) is 6.42. The van der Waals surface area contributed by atoms with Gasteiger partial charge >= 0.3 is 0 Å². The van der Waals surface area contributed by atoms with Crippen LogP contribution in [0.3, 0.4) is 0 Å². The summed E-state index contributed by atoms with van der Waals surface area (Å²) in [5.74, 6) is 0.480. The Kier molecular flexibility index (Phi) is 6.81. The number of fused-ring (bicyclic) bond motifs is 1. The van der Waals surface area contributed by atoms with Gasteiger partial charge < -0.3 is 9.64 Å². The number of carbonyl (C=O) groups excluding carboxylic acids is 2. The predicted molar refractivity (Wildman–Crippen MR) is 132 cm³/mol. The van der Waals surface area contributed by atoms with E-state index >= 15 is 0 Å². The highest BCUT2D eigenvalue weighted by molar-refractivity contribution is 8.18. The Morgan fingerprint density at radius 3 is 2.41 bits per heavy atom. The summed E-state index contributed by atoms with van der Waals surface area (Å²) in [4.78, 5) is 29.2. The summed E-state index contributed by atoms with van der Waals surface area (Å²) in [7, 11) is 0. The SMILES string of the molecule is CCN(CC)c1ccc(/C=C2\SC(=O)N(CCOc3cccc4ccccc34)C2=O)cc1. The zero-order valence-electron chi connectivity index (χ0n) is 18.3. The summed E-state index contributed by atoms with van der Waals surface area (Å²) in [5, 5.41) is 1.84. The molecule has 1 saturated heterocycles. The van der Waals surface area contributed by atoms with Crippen LogP contribution in [0.4, 0.5) is 10.5 Å². The molecule has 1 aliphatic rings. The van der Waals surface area contributed by atoms with Gasteiger partial charge in [-0.15, -0.1) is 0 Å². The van der Waals surface area contributed by atoms with Crippen LogP contribution in [0.25, 0.3) is 16.8 Å². The number of rotatable bonds is 8. The zero-order valence-corrected chi connectivity index (χ0v) is 19.1. The molecule has 32 heavy (non-hydrogen) atoms. The van der Waals surface area contributed by atoms with E-state index in [9.17, 15) is 9.59 Å². The van der Waals surface area contributed by atoms with Crippen molar-refractivity contribution in [1.82, 2.24) is 4.90 Å². The van der Waals surface area contributed by atoms with Gasteiger partial charge in [-0.25, -0.2) is 0 Å². The number of nitrogens with zero attached hydrogens (tertiary/aromatic N) is 2. The van der Waals surface area contributed by atoms with Crippen LogP contribution in [-0.2, 0) is 4.79 Å². The number of thioether (sulfide) groups is 1. The monoisotopic (exact) mass is 446 g/mol. The fourth-order valence-electron chi connectivity index (χ4n) is 3.78. The molecule has 0 aliphatic carbocycles. The van der Waals surface area contributed by atoms with Gasteiger partial charge in [0.1, 0.15) is 12.4 Å². The minimum Gasteiger partial charge on any atom is -0.491 e. The molecule has 3 aromatic carbocycles. The van der Waals surface area contributed by atoms with Crippen LogP contribution in [0.1, 0.15) is 19.4 Å². The molecule has 0 unspecified atom stereocenters. The molecule has 0 atom stereocenters. The zero-order chi connectivity index (χ0) is 22.5. The molecule has 1 fully saturated rings. The Bertz CT molecular complexity index is 1150. The predicted octanol–water partition coefficient (Wildman–Crippen LogP) is 5.80. The lowest BCUT2D eigenvalue weighted by Gasteiger charge is -2.20. The fourth-order valence-corrected chi connectivity index (χ4v) is 4.65. The maximum atomic E-state index is 12.8. The van der Waals surface area contributed by atoms with E-state index in [0.29, 0.717) is 4.91 Å². The molecule has 0 saturated carbocycles. The first-order chi connectivity index (χ1) is 15.6. The van der Waals surface area contributed by atoms with Gasteiger partial charge in [0, 0.05) is 24.2 Å². The van der Waals surface area contributed by atoms with E-state index in [1.54, 1.807) is 6.08 Å². The molecule has 5 nitrogen and oxygen atoms in total. The number of amides is 2. The maximum Gasteiger partial charge on any atom is 0.293 e. The molecule has 0 bridgehead atoms. The van der Waals surface area contributed by atoms with Crippen molar-refractivity contribution in [2.45, 2.75) is 13.8 Å². The molecule has 6 heteroatoms. The lowest BCUT2D eigenvalue weighted by molar-refractivity contribution is -0.123. The third kappa shape index (κ3) is 4.65. The highest BCUT2D eigenvalue weighted by atomic mass is 32.2. The summed E-state index contributed by atoms with van der Waals surface area (Å²) in [6.45, 7) is 6.59. The van der Waals surface area contributed by atoms with Crippen molar-refractivity contribution < 1.29 is 14.3 Å². The van der Waals surface area contributed by atoms with Crippen LogP contribution in [0.5, 0.6) is 5.75 Å². The molecule has 4 rings (SSSR count). The van der Waals surface area contributed by atoms with Crippen molar-refractivity contribution >= 4 is 45.4 Å². The maximum absolute atomic E-state index is 12.8. The molecule has 164 valence electrons. The van der Waals surface area contributed by atoms with Crippen LogP contribution >= 0.6 is 11.8 Å². The van der Waals surface area contributed by atoms with Gasteiger partial charge in [0.05, 0.1) is 11.4 Å². The highest BCUT2D eigenvalue weighted by Crippen LogP contribution is 2.32. The number of benzene rings is 3. The van der Waals surface area contributed by atoms with E-state index < -0.39 is 0 Å². The van der Waals surface area contributed by atoms with Crippen LogP contribution in [0.15, 0.2) is 71.6 Å². The van der Waals surface area contributed by atoms with Gasteiger partial charge in [-0.2, -0.15) is 0 Å². The van der Waals surface area contributed by atoms with Crippen LogP contribution in [0.2, 0.25) is 0 Å². The van der Waals surface area contributed by atoms with Crippen LogP contribution in [-0.4, -0.2) is 42.3 Å². The number of ether oxygens (including phenoxy) is 1. The van der Waals surface area contributed by atoms with Crippen LogP contribution < -0.4 is 9.64 Å². The summed E-state index contributed by atoms with van der Waals surface area (Å²) in [6.07, 6.45) is 1.78. The molecule has 0 spiro atoms. The first-order valence-electron chi connectivity index (χ1n) is 10.8. The van der Waals surface area contributed by atoms with Crippen molar-refractivity contribution in [2.75, 3.05) is 31.1 Å². The van der Waals surface area contributed by atoms with Gasteiger partial charge in [-0.1, -0.05) is 48.5 Å². The minimum atomic E-state index is -0.269. The second kappa shape index (κ2) is 9.92. The molecule has 1 aliphatic heterocycles. The van der Waals surface area contributed by atoms with E-state index in [1.807, 2.05) is 66.7 Å². The number of hydrogen-bond donors (Lipinski definition) is 0. The Labute approximate surface area is 192 Å². The Balaban J connectivity index is 1.40. The summed E-state index contributed by atoms with van der Waals surface area (Å²) >= 11 is 0.978. The Hall–Kier alpha value is -3.25. The first-order valence-corrected chi connectivity index (χ1v) is 11.6. The van der Waals surface area contributed by atoms with Crippen molar-refractivity contribution in [1.29, 1.82) is 0 Å². The number of carbonyl (C=O) groups is 2. The lowest BCUT2D eigenvalue weighted by Crippen LogP contribution is -2.32. The second-order valence-corrected chi connectivity index (χ2v) is 8.42. The molecule has 1 heterocycles. The third-order valence-electron chi connectivity index (χ3n) is 5.52. The Morgan fingerprint density at radius 1 is 0.938 bits per heavy atom. The molecular formula is C26H26N2O3S. The molecule has 0 aromatic heterocycles. The first kappa shape index (κ1) is 22.0. The van der Waals surface area contributed by atoms with Gasteiger partial charge in [-0.05, 0) is 60.8 Å². The van der Waals surface area contributed by atoms with Gasteiger partial charge in [0.25, 0.3) is 11.1 Å². The van der Waals surface area contributed by atoms with E-state index in [1.165, 1.54) is 4.90 Å². The van der Waals surface area contributed by atoms with E-state index in [0.717, 1.165) is 52.6 Å². The summed E-state index contributed by atoms with van der Waals surface area (Å²) in [6, 6.07) is 21.9. The topological polar surface area (TPSA) is 49.9 Å². The lowest BCUT2D eigenvalue weighted by atomic mass is 10.1. The largest absolute Gasteiger partial charge is 0.491 e. The molecule has 0 radical (unpaired) electrons. The van der Waals surface area contributed by atoms with E-state index in [-0.39, 0.29) is 24.3 Å². The van der Waals surface area contributed by atoms with Crippen molar-refractivity contribution in [3.63, 3.8) is 0 Å². The number of imide groups is 1. The number of hydrogen-bond acceptors (Lipinski definition) is 5. The smallest absolute Gasteiger partial charge is 0.293 e.